The molecule has 6 heteroatoms. The van der Waals surface area contributed by atoms with E-state index in [1.54, 1.807) is 6.07 Å². The highest BCUT2D eigenvalue weighted by Crippen LogP contribution is 2.40. The fraction of sp³-hybridized carbons (Fsp3) is 0.0625. The Kier molecular flexibility index (Phi) is 3.50. The van der Waals surface area contributed by atoms with Crippen LogP contribution in [0.1, 0.15) is 17.2 Å². The minimum Gasteiger partial charge on any atom is -0.508 e. The molecule has 0 aliphatic carbocycles. The topological polar surface area (TPSA) is 60.8 Å². The van der Waals surface area contributed by atoms with Gasteiger partial charge in [0.05, 0.1) is 5.03 Å². The smallest absolute Gasteiger partial charge is 0.166 e. The van der Waals surface area contributed by atoms with E-state index in [0.717, 1.165) is 6.07 Å². The lowest BCUT2D eigenvalue weighted by molar-refractivity contribution is -0.109. The first-order valence-electron chi connectivity index (χ1n) is 6.44. The number of nitrogens with zero attached hydrogens (tertiary/aromatic N) is 1. The van der Waals surface area contributed by atoms with Crippen LogP contribution in [0.5, 0.6) is 11.5 Å². The van der Waals surface area contributed by atoms with Gasteiger partial charge in [-0.1, -0.05) is 17.7 Å². The monoisotopic (exact) mass is 319 g/mol. The summed E-state index contributed by atoms with van der Waals surface area (Å²) in [5, 5.41) is 19.1. The number of halogens is 2. The quantitative estimate of drug-likeness (QED) is 0.831. The van der Waals surface area contributed by atoms with Crippen LogP contribution in [-0.2, 0) is 4.79 Å². The van der Waals surface area contributed by atoms with Crippen LogP contribution in [0.25, 0.3) is 5.03 Å². The molecule has 1 aliphatic heterocycles. The van der Waals surface area contributed by atoms with Gasteiger partial charge in [-0.05, 0) is 29.8 Å². The highest BCUT2D eigenvalue weighted by atomic mass is 35.5. The van der Waals surface area contributed by atoms with Crippen LogP contribution < -0.4 is 4.90 Å². The Bertz CT molecular complexity index is 791. The molecule has 0 radical (unpaired) electrons. The normalized spacial score (nSPS) is 16.9. The van der Waals surface area contributed by atoms with Crippen LogP contribution in [0, 0.1) is 5.82 Å². The molecule has 3 rings (SSSR count). The molecule has 0 bridgehead atoms. The van der Waals surface area contributed by atoms with E-state index in [2.05, 4.69) is 0 Å². The molecule has 0 saturated carbocycles. The molecule has 0 aromatic heterocycles. The number of fused-ring (bicyclic) bond motifs is 1. The number of hydrogen-bond donors (Lipinski definition) is 2. The Labute approximate surface area is 130 Å². The van der Waals surface area contributed by atoms with Crippen molar-refractivity contribution < 1.29 is 19.4 Å². The first-order valence-corrected chi connectivity index (χ1v) is 6.82. The summed E-state index contributed by atoms with van der Waals surface area (Å²) < 4.78 is 13.6. The summed E-state index contributed by atoms with van der Waals surface area (Å²) in [5.74, 6) is -1.22. The van der Waals surface area contributed by atoms with Gasteiger partial charge < -0.3 is 19.9 Å². The van der Waals surface area contributed by atoms with Gasteiger partial charge >= 0.3 is 0 Å². The van der Waals surface area contributed by atoms with Crippen molar-refractivity contribution in [2.45, 2.75) is 6.04 Å². The van der Waals surface area contributed by atoms with Crippen LogP contribution in [-0.4, -0.2) is 16.5 Å². The maximum Gasteiger partial charge on any atom is 0.166 e. The number of phenolic OH excluding ortho intramolecular Hbond substituents is 2. The number of anilines is 1. The van der Waals surface area contributed by atoms with Crippen LogP contribution in [0.2, 0.25) is 0 Å². The minimum atomic E-state index is -0.789. The van der Waals surface area contributed by atoms with E-state index < -0.39 is 17.6 Å². The zero-order valence-corrected chi connectivity index (χ0v) is 12.0. The molecule has 0 spiro atoms. The fourth-order valence-electron chi connectivity index (χ4n) is 2.46. The third-order valence-electron chi connectivity index (χ3n) is 3.52. The Hall–Kier alpha value is -2.53. The van der Waals surface area contributed by atoms with Gasteiger partial charge in [-0.3, -0.25) is 0 Å². The molecule has 1 aliphatic rings. The minimum absolute atomic E-state index is 0.0408. The Balaban J connectivity index is 2.14. The first-order chi connectivity index (χ1) is 10.5. The van der Waals surface area contributed by atoms with E-state index in [-0.39, 0.29) is 5.75 Å². The maximum atomic E-state index is 13.6. The highest BCUT2D eigenvalue weighted by molar-refractivity contribution is 6.49. The SMILES string of the molecule is O=CC1c2ccc(O)cc2C(Cl)=CN1c1ccc(O)c(F)c1. The molecule has 112 valence electrons. The van der Waals surface area contributed by atoms with Gasteiger partial charge in [0.25, 0.3) is 0 Å². The predicted molar refractivity (Wildman–Crippen MR) is 81.3 cm³/mol. The van der Waals surface area contributed by atoms with Gasteiger partial charge in [0, 0.05) is 23.5 Å². The summed E-state index contributed by atoms with van der Waals surface area (Å²) in [5.41, 5.74) is 1.53. The maximum absolute atomic E-state index is 13.6. The van der Waals surface area contributed by atoms with Crippen molar-refractivity contribution in [3.8, 4) is 11.5 Å². The van der Waals surface area contributed by atoms with Crippen molar-refractivity contribution in [2.75, 3.05) is 4.90 Å². The number of carbonyl (C=O) groups is 1. The summed E-state index contributed by atoms with van der Waals surface area (Å²) in [6.45, 7) is 0. The molecular formula is C16H11ClFNO3. The zero-order valence-electron chi connectivity index (χ0n) is 11.2. The Morgan fingerprint density at radius 1 is 1.18 bits per heavy atom. The summed E-state index contributed by atoms with van der Waals surface area (Å²) in [6, 6.07) is 7.64. The summed E-state index contributed by atoms with van der Waals surface area (Å²) in [6.07, 6.45) is 2.20. The number of phenols is 2. The van der Waals surface area contributed by atoms with Crippen LogP contribution in [0.3, 0.4) is 0 Å². The average Bonchev–Trinajstić information content (AvgIpc) is 2.50. The molecule has 1 heterocycles. The van der Waals surface area contributed by atoms with Crippen molar-refractivity contribution in [1.29, 1.82) is 0 Å². The molecule has 2 aromatic carbocycles. The number of hydrogen-bond acceptors (Lipinski definition) is 4. The average molecular weight is 320 g/mol. The van der Waals surface area contributed by atoms with Gasteiger partial charge in [0.15, 0.2) is 11.6 Å². The first kappa shape index (κ1) is 14.4. The second-order valence-electron chi connectivity index (χ2n) is 4.87. The standard InChI is InChI=1S/C16H11ClFNO3/c17-13-7-19(9-1-4-16(22)14(18)5-9)15(8-20)11-3-2-10(21)6-12(11)13/h1-8,15,21-22H. The molecule has 1 atom stereocenters. The summed E-state index contributed by atoms with van der Waals surface area (Å²) in [7, 11) is 0. The van der Waals surface area contributed by atoms with Gasteiger partial charge in [-0.15, -0.1) is 0 Å². The molecule has 0 fully saturated rings. The second-order valence-corrected chi connectivity index (χ2v) is 5.28. The van der Waals surface area contributed by atoms with E-state index in [1.807, 2.05) is 0 Å². The largest absolute Gasteiger partial charge is 0.508 e. The fourth-order valence-corrected chi connectivity index (χ4v) is 2.73. The summed E-state index contributed by atoms with van der Waals surface area (Å²) in [4.78, 5) is 13.0. The number of aromatic hydroxyl groups is 2. The van der Waals surface area contributed by atoms with E-state index in [9.17, 15) is 19.4 Å². The van der Waals surface area contributed by atoms with E-state index in [1.165, 1.54) is 35.4 Å². The second kappa shape index (κ2) is 5.35. The van der Waals surface area contributed by atoms with Crippen LogP contribution >= 0.6 is 11.6 Å². The Morgan fingerprint density at radius 3 is 2.64 bits per heavy atom. The van der Waals surface area contributed by atoms with E-state index in [4.69, 9.17) is 11.6 Å². The van der Waals surface area contributed by atoms with Gasteiger partial charge in [0.1, 0.15) is 18.1 Å². The lowest BCUT2D eigenvalue weighted by Gasteiger charge is -2.32. The predicted octanol–water partition coefficient (Wildman–Crippen LogP) is 3.53. The van der Waals surface area contributed by atoms with Crippen LogP contribution in [0.4, 0.5) is 10.1 Å². The van der Waals surface area contributed by atoms with Gasteiger partial charge in [0.2, 0.25) is 0 Å². The highest BCUT2D eigenvalue weighted by Gasteiger charge is 2.28. The van der Waals surface area contributed by atoms with Crippen molar-refractivity contribution in [1.82, 2.24) is 0 Å². The molecule has 2 aromatic rings. The van der Waals surface area contributed by atoms with E-state index >= 15 is 0 Å². The third-order valence-corrected chi connectivity index (χ3v) is 3.82. The molecule has 22 heavy (non-hydrogen) atoms. The van der Waals surface area contributed by atoms with Crippen LogP contribution in [0.15, 0.2) is 42.6 Å². The lowest BCUT2D eigenvalue weighted by Crippen LogP contribution is -2.28. The van der Waals surface area contributed by atoms with Gasteiger partial charge in [-0.2, -0.15) is 0 Å². The van der Waals surface area contributed by atoms with Crippen molar-refractivity contribution in [3.05, 3.63) is 59.5 Å². The number of carbonyl (C=O) groups excluding carboxylic acids is 1. The van der Waals surface area contributed by atoms with Crippen molar-refractivity contribution in [2.24, 2.45) is 0 Å². The zero-order chi connectivity index (χ0) is 15.9. The Morgan fingerprint density at radius 2 is 1.95 bits per heavy atom. The lowest BCUT2D eigenvalue weighted by atomic mass is 9.96. The van der Waals surface area contributed by atoms with Crippen molar-refractivity contribution in [3.63, 3.8) is 0 Å². The molecule has 4 nitrogen and oxygen atoms in total. The number of aldehydes is 1. The molecule has 0 amide bonds. The molecule has 0 saturated heterocycles. The molecular weight excluding hydrogens is 309 g/mol. The molecule has 2 N–H and O–H groups in total. The number of benzene rings is 2. The third kappa shape index (κ3) is 2.29. The summed E-state index contributed by atoms with van der Waals surface area (Å²) >= 11 is 6.21. The van der Waals surface area contributed by atoms with Gasteiger partial charge in [-0.25, -0.2) is 4.39 Å². The molecule has 1 unspecified atom stereocenters. The number of rotatable bonds is 2. The van der Waals surface area contributed by atoms with Crippen molar-refractivity contribution >= 4 is 28.6 Å². The van der Waals surface area contributed by atoms with E-state index in [0.29, 0.717) is 28.1 Å².